The van der Waals surface area contributed by atoms with Crippen molar-refractivity contribution in [3.8, 4) is 11.5 Å². The molecule has 6 heteroatoms. The van der Waals surface area contributed by atoms with Crippen LogP contribution in [-0.4, -0.2) is 29.1 Å². The van der Waals surface area contributed by atoms with Crippen molar-refractivity contribution in [1.29, 1.82) is 0 Å². The fraction of sp³-hybridized carbons (Fsp3) is 0.348. The third-order valence-corrected chi connectivity index (χ3v) is 4.04. The minimum absolute atomic E-state index is 0.0293. The summed E-state index contributed by atoms with van der Waals surface area (Å²) in [6.45, 7) is 9.70. The molecule has 3 rings (SSSR count). The molecule has 0 aliphatic heterocycles. The number of aromatic hydroxyl groups is 1. The maximum absolute atomic E-state index is 12.9. The van der Waals surface area contributed by atoms with Gasteiger partial charge in [0, 0.05) is 29.3 Å². The largest absolute Gasteiger partial charge is 0.507 e. The number of nitrogens with two attached hydrogens (primary N) is 1. The first-order chi connectivity index (χ1) is 13.9. The fourth-order valence-electron chi connectivity index (χ4n) is 2.91. The molecule has 156 valence electrons. The lowest BCUT2D eigenvalue weighted by Crippen LogP contribution is -2.22. The Kier molecular flexibility index (Phi) is 9.06. The lowest BCUT2D eigenvalue weighted by Gasteiger charge is -2.21. The summed E-state index contributed by atoms with van der Waals surface area (Å²) in [5.41, 5.74) is 6.51. The topological polar surface area (TPSA) is 107 Å². The van der Waals surface area contributed by atoms with Gasteiger partial charge in [-0.1, -0.05) is 39.8 Å². The van der Waals surface area contributed by atoms with Crippen LogP contribution in [0.5, 0.6) is 11.5 Å². The zero-order valence-corrected chi connectivity index (χ0v) is 17.7. The average Bonchev–Trinajstić information content (AvgIpc) is 2.71. The number of nitrogen functional groups attached to an aromatic ring is 1. The molecule has 0 heterocycles. The number of ketones is 3. The molecule has 2 aromatic carbocycles. The van der Waals surface area contributed by atoms with Crippen LogP contribution in [0.1, 0.15) is 79.3 Å². The summed E-state index contributed by atoms with van der Waals surface area (Å²) in [5.74, 6) is -0.888. The lowest BCUT2D eigenvalue weighted by atomic mass is 9.83. The molecule has 0 atom stereocenters. The maximum Gasteiger partial charge on any atom is 0.201 e. The maximum atomic E-state index is 12.9. The predicted molar refractivity (Wildman–Crippen MR) is 114 cm³/mol. The molecule has 0 bridgehead atoms. The number of carbonyl (C=O) groups is 3. The Morgan fingerprint density at radius 2 is 1.66 bits per heavy atom. The fourth-order valence-corrected chi connectivity index (χ4v) is 2.91. The third kappa shape index (κ3) is 5.22. The molecule has 0 amide bonds. The van der Waals surface area contributed by atoms with Gasteiger partial charge < -0.3 is 20.4 Å². The quantitative estimate of drug-likeness (QED) is 0.481. The number of anilines is 1. The highest BCUT2D eigenvalue weighted by molar-refractivity contribution is 6.30. The smallest absolute Gasteiger partial charge is 0.201 e. The summed E-state index contributed by atoms with van der Waals surface area (Å²) < 4.78 is 5.62. The van der Waals surface area contributed by atoms with Crippen LogP contribution in [-0.2, 0) is 4.79 Å². The molecular weight excluding hydrogens is 370 g/mol. The van der Waals surface area contributed by atoms with Crippen LogP contribution in [0.15, 0.2) is 30.3 Å². The highest BCUT2D eigenvalue weighted by Crippen LogP contribution is 2.38. The molecule has 1 aliphatic carbocycles. The minimum atomic E-state index is -0.482. The monoisotopic (exact) mass is 399 g/mol. The number of rotatable bonds is 5. The molecule has 0 saturated heterocycles. The average molecular weight is 399 g/mol. The van der Waals surface area contributed by atoms with Gasteiger partial charge in [-0.2, -0.15) is 0 Å². The van der Waals surface area contributed by atoms with Gasteiger partial charge in [0.15, 0.2) is 5.78 Å². The zero-order valence-electron chi connectivity index (χ0n) is 17.7. The molecule has 1 aliphatic rings. The normalized spacial score (nSPS) is 11.2. The first-order valence-electron chi connectivity index (χ1n) is 9.87. The van der Waals surface area contributed by atoms with Crippen LogP contribution in [0.25, 0.3) is 0 Å². The molecule has 2 aromatic rings. The molecule has 0 unspecified atom stereocenters. The second-order valence-corrected chi connectivity index (χ2v) is 5.95. The van der Waals surface area contributed by atoms with Crippen molar-refractivity contribution < 1.29 is 24.2 Å². The Labute approximate surface area is 171 Å². The van der Waals surface area contributed by atoms with Crippen molar-refractivity contribution in [3.05, 3.63) is 52.6 Å². The number of hydrogen-bond donors (Lipinski definition) is 2. The van der Waals surface area contributed by atoms with Crippen LogP contribution in [0.3, 0.4) is 0 Å². The van der Waals surface area contributed by atoms with Gasteiger partial charge in [0.05, 0.1) is 17.7 Å². The van der Waals surface area contributed by atoms with E-state index in [-0.39, 0.29) is 51.9 Å². The lowest BCUT2D eigenvalue weighted by molar-refractivity contribution is -0.117. The number of ether oxygens (including phenoxy) is 1. The summed E-state index contributed by atoms with van der Waals surface area (Å²) in [4.78, 5) is 36.6. The van der Waals surface area contributed by atoms with E-state index in [0.717, 1.165) is 0 Å². The van der Waals surface area contributed by atoms with Crippen molar-refractivity contribution in [2.75, 3.05) is 12.3 Å². The van der Waals surface area contributed by atoms with E-state index in [4.69, 9.17) is 10.5 Å². The van der Waals surface area contributed by atoms with Crippen LogP contribution in [0, 0.1) is 0 Å². The van der Waals surface area contributed by atoms with Crippen molar-refractivity contribution in [1.82, 2.24) is 0 Å². The summed E-state index contributed by atoms with van der Waals surface area (Å²) in [7, 11) is 0. The number of phenols is 1. The minimum Gasteiger partial charge on any atom is -0.507 e. The number of Topliss-reactive ketones (excluding diaryl/α,β-unsaturated/α-hetero) is 1. The van der Waals surface area contributed by atoms with Crippen LogP contribution >= 0.6 is 0 Å². The molecule has 0 radical (unpaired) electrons. The van der Waals surface area contributed by atoms with Gasteiger partial charge >= 0.3 is 0 Å². The Balaban J connectivity index is 0.000000989. The summed E-state index contributed by atoms with van der Waals surface area (Å²) in [5, 5.41) is 10.0. The third-order valence-electron chi connectivity index (χ3n) is 4.04. The Morgan fingerprint density at radius 1 is 1.00 bits per heavy atom. The Morgan fingerprint density at radius 3 is 2.28 bits per heavy atom. The number of phenolic OH excluding ortho intramolecular Hbond substituents is 1. The highest BCUT2D eigenvalue weighted by Gasteiger charge is 2.34. The van der Waals surface area contributed by atoms with E-state index in [2.05, 4.69) is 0 Å². The van der Waals surface area contributed by atoms with Gasteiger partial charge in [0.2, 0.25) is 5.78 Å². The molecule has 0 aromatic heterocycles. The van der Waals surface area contributed by atoms with Gasteiger partial charge in [-0.05, 0) is 25.5 Å². The SMILES string of the molecule is CC.CC.CC(=O)CCCOc1cc(N)cc2c1C(=O)c1c(O)cccc1C2=O. The van der Waals surface area contributed by atoms with E-state index in [1.807, 2.05) is 27.7 Å². The molecule has 6 nitrogen and oxygen atoms in total. The van der Waals surface area contributed by atoms with E-state index in [9.17, 15) is 19.5 Å². The molecule has 0 spiro atoms. The van der Waals surface area contributed by atoms with Gasteiger partial charge in [0.25, 0.3) is 0 Å². The number of carbonyl (C=O) groups excluding carboxylic acids is 3. The van der Waals surface area contributed by atoms with Crippen molar-refractivity contribution in [3.63, 3.8) is 0 Å². The van der Waals surface area contributed by atoms with Gasteiger partial charge in [0.1, 0.15) is 17.3 Å². The Hall–Kier alpha value is -3.15. The molecule has 3 N–H and O–H groups in total. The first-order valence-corrected chi connectivity index (χ1v) is 9.87. The number of fused-ring (bicyclic) bond motifs is 2. The number of benzene rings is 2. The van der Waals surface area contributed by atoms with Crippen LogP contribution in [0.2, 0.25) is 0 Å². The second kappa shape index (κ2) is 11.0. The number of hydrogen-bond acceptors (Lipinski definition) is 6. The summed E-state index contributed by atoms with van der Waals surface area (Å²) in [6.07, 6.45) is 0.851. The van der Waals surface area contributed by atoms with Crippen LogP contribution in [0.4, 0.5) is 5.69 Å². The van der Waals surface area contributed by atoms with Crippen LogP contribution < -0.4 is 10.5 Å². The molecule has 29 heavy (non-hydrogen) atoms. The van der Waals surface area contributed by atoms with E-state index < -0.39 is 5.78 Å². The van der Waals surface area contributed by atoms with E-state index >= 15 is 0 Å². The van der Waals surface area contributed by atoms with E-state index in [1.54, 1.807) is 0 Å². The van der Waals surface area contributed by atoms with Crippen molar-refractivity contribution >= 4 is 23.0 Å². The Bertz CT molecular complexity index is 902. The predicted octanol–water partition coefficient (Wildman–Crippen LogP) is 4.55. The van der Waals surface area contributed by atoms with Gasteiger partial charge in [-0.25, -0.2) is 0 Å². The van der Waals surface area contributed by atoms with E-state index in [0.29, 0.717) is 18.5 Å². The first kappa shape index (κ1) is 23.9. The standard InChI is InChI=1S/C19H17NO5.2C2H6/c1-10(21)4-3-7-25-15-9-11(20)8-13-17(15)19(24)16-12(18(13)23)5-2-6-14(16)22;2*1-2/h2,5-6,8-9,22H,3-4,7,20H2,1H3;2*1-2H3. The molecular formula is C23H29NO5. The van der Waals surface area contributed by atoms with Gasteiger partial charge in [-0.15, -0.1) is 0 Å². The van der Waals surface area contributed by atoms with Gasteiger partial charge in [-0.3, -0.25) is 9.59 Å². The van der Waals surface area contributed by atoms with Crippen molar-refractivity contribution in [2.45, 2.75) is 47.5 Å². The zero-order chi connectivity index (χ0) is 22.1. The van der Waals surface area contributed by atoms with Crippen molar-refractivity contribution in [2.24, 2.45) is 0 Å². The summed E-state index contributed by atoms with van der Waals surface area (Å²) >= 11 is 0. The second-order valence-electron chi connectivity index (χ2n) is 5.95. The molecule has 0 fully saturated rings. The summed E-state index contributed by atoms with van der Waals surface area (Å²) in [6, 6.07) is 7.28. The molecule has 0 saturated carbocycles. The highest BCUT2D eigenvalue weighted by atomic mass is 16.5. The van der Waals surface area contributed by atoms with E-state index in [1.165, 1.54) is 37.3 Å².